The predicted octanol–water partition coefficient (Wildman–Crippen LogP) is 2.34. The normalized spacial score (nSPS) is 10.6. The molecule has 6 heteroatoms. The smallest absolute Gasteiger partial charge is 0.251 e. The fourth-order valence-electron chi connectivity index (χ4n) is 1.46. The Morgan fingerprint density at radius 2 is 2.22 bits per heavy atom. The summed E-state index contributed by atoms with van der Waals surface area (Å²) < 4.78 is 0. The van der Waals surface area contributed by atoms with Gasteiger partial charge in [-0.05, 0) is 24.6 Å². The standard InChI is InChI=1S/C12H12ClN3OS/c1-7-4-11(17)16-12(15-7)18-10-3-2-8(6-14)5-9(10)13/h2-5H,6,14H2,1H3,(H,15,16,17). The topological polar surface area (TPSA) is 71.8 Å². The first-order chi connectivity index (χ1) is 8.58. The number of halogens is 1. The number of nitrogens with zero attached hydrogens (tertiary/aromatic N) is 1. The molecule has 2 aromatic rings. The van der Waals surface area contributed by atoms with E-state index in [2.05, 4.69) is 9.97 Å². The highest BCUT2D eigenvalue weighted by atomic mass is 35.5. The van der Waals surface area contributed by atoms with Gasteiger partial charge in [0.05, 0.1) is 5.02 Å². The monoisotopic (exact) mass is 281 g/mol. The second-order valence-electron chi connectivity index (χ2n) is 3.76. The van der Waals surface area contributed by atoms with Crippen LogP contribution in [0.15, 0.2) is 39.1 Å². The van der Waals surface area contributed by atoms with Crippen molar-refractivity contribution in [2.75, 3.05) is 0 Å². The largest absolute Gasteiger partial charge is 0.326 e. The van der Waals surface area contributed by atoms with Gasteiger partial charge in [0.25, 0.3) is 5.56 Å². The SMILES string of the molecule is Cc1cc(=O)[nH]c(Sc2ccc(CN)cc2Cl)n1. The zero-order valence-corrected chi connectivity index (χ0v) is 11.3. The Hall–Kier alpha value is -1.30. The average molecular weight is 282 g/mol. The molecule has 0 atom stereocenters. The Bertz CT molecular complexity index is 627. The van der Waals surface area contributed by atoms with Crippen LogP contribution in [0.3, 0.4) is 0 Å². The molecule has 3 N–H and O–H groups in total. The molecule has 18 heavy (non-hydrogen) atoms. The second-order valence-corrected chi connectivity index (χ2v) is 5.20. The quantitative estimate of drug-likeness (QED) is 0.847. The van der Waals surface area contributed by atoms with Crippen LogP contribution in [-0.2, 0) is 6.54 Å². The highest BCUT2D eigenvalue weighted by Gasteiger charge is 2.06. The number of rotatable bonds is 3. The summed E-state index contributed by atoms with van der Waals surface area (Å²) in [4.78, 5) is 19.1. The van der Waals surface area contributed by atoms with Crippen molar-refractivity contribution in [3.05, 3.63) is 50.9 Å². The van der Waals surface area contributed by atoms with E-state index in [0.29, 0.717) is 22.4 Å². The molecule has 4 nitrogen and oxygen atoms in total. The Labute approximate surface area is 114 Å². The highest BCUT2D eigenvalue weighted by Crippen LogP contribution is 2.31. The second kappa shape index (κ2) is 5.56. The highest BCUT2D eigenvalue weighted by molar-refractivity contribution is 7.99. The van der Waals surface area contributed by atoms with Crippen LogP contribution in [0, 0.1) is 6.92 Å². The molecule has 0 saturated heterocycles. The van der Waals surface area contributed by atoms with Crippen LogP contribution in [0.5, 0.6) is 0 Å². The van der Waals surface area contributed by atoms with E-state index < -0.39 is 0 Å². The molecule has 1 heterocycles. The zero-order chi connectivity index (χ0) is 13.1. The minimum atomic E-state index is -0.167. The van der Waals surface area contributed by atoms with Crippen LogP contribution in [-0.4, -0.2) is 9.97 Å². The van der Waals surface area contributed by atoms with Crippen molar-refractivity contribution in [2.24, 2.45) is 5.73 Å². The van der Waals surface area contributed by atoms with E-state index in [9.17, 15) is 4.79 Å². The molecule has 0 radical (unpaired) electrons. The van der Waals surface area contributed by atoms with Gasteiger partial charge < -0.3 is 10.7 Å². The molecule has 0 spiro atoms. The van der Waals surface area contributed by atoms with Crippen molar-refractivity contribution < 1.29 is 0 Å². The number of aromatic nitrogens is 2. The van der Waals surface area contributed by atoms with E-state index in [-0.39, 0.29) is 5.56 Å². The van der Waals surface area contributed by atoms with E-state index in [1.807, 2.05) is 18.2 Å². The molecule has 2 rings (SSSR count). The first-order valence-electron chi connectivity index (χ1n) is 5.33. The van der Waals surface area contributed by atoms with Gasteiger partial charge in [-0.3, -0.25) is 4.79 Å². The number of hydrogen-bond acceptors (Lipinski definition) is 4. The summed E-state index contributed by atoms with van der Waals surface area (Å²) in [6.07, 6.45) is 0. The van der Waals surface area contributed by atoms with Crippen LogP contribution in [0.1, 0.15) is 11.3 Å². The lowest BCUT2D eigenvalue weighted by molar-refractivity contribution is 0.905. The third-order valence-electron chi connectivity index (χ3n) is 2.29. The van der Waals surface area contributed by atoms with E-state index >= 15 is 0 Å². The molecule has 0 unspecified atom stereocenters. The summed E-state index contributed by atoms with van der Waals surface area (Å²) in [5, 5.41) is 1.13. The molecule has 0 aliphatic heterocycles. The minimum Gasteiger partial charge on any atom is -0.326 e. The Balaban J connectivity index is 2.31. The van der Waals surface area contributed by atoms with Gasteiger partial charge in [0, 0.05) is 23.2 Å². The van der Waals surface area contributed by atoms with Gasteiger partial charge in [0.1, 0.15) is 0 Å². The molecular formula is C12H12ClN3OS. The lowest BCUT2D eigenvalue weighted by Gasteiger charge is -2.05. The maximum atomic E-state index is 11.3. The molecule has 1 aromatic carbocycles. The summed E-state index contributed by atoms with van der Waals surface area (Å²) in [6, 6.07) is 7.04. The number of nitrogens with two attached hydrogens (primary N) is 1. The third-order valence-corrected chi connectivity index (χ3v) is 3.67. The number of benzene rings is 1. The van der Waals surface area contributed by atoms with Crippen LogP contribution in [0.4, 0.5) is 0 Å². The average Bonchev–Trinajstić information content (AvgIpc) is 2.30. The molecule has 1 aromatic heterocycles. The first-order valence-corrected chi connectivity index (χ1v) is 6.52. The fourth-order valence-corrected chi connectivity index (χ4v) is 2.62. The lowest BCUT2D eigenvalue weighted by atomic mass is 10.2. The Morgan fingerprint density at radius 1 is 1.44 bits per heavy atom. The van der Waals surface area contributed by atoms with Gasteiger partial charge in [-0.2, -0.15) is 0 Å². The van der Waals surface area contributed by atoms with Crippen LogP contribution >= 0.6 is 23.4 Å². The number of hydrogen-bond donors (Lipinski definition) is 2. The maximum Gasteiger partial charge on any atom is 0.251 e. The van der Waals surface area contributed by atoms with Crippen molar-refractivity contribution in [3.8, 4) is 0 Å². The Kier molecular flexibility index (Phi) is 4.06. The van der Waals surface area contributed by atoms with Gasteiger partial charge in [-0.1, -0.05) is 29.4 Å². The van der Waals surface area contributed by atoms with Gasteiger partial charge in [-0.25, -0.2) is 4.98 Å². The summed E-state index contributed by atoms with van der Waals surface area (Å²) in [5.41, 5.74) is 7.01. The molecule has 0 aliphatic carbocycles. The fraction of sp³-hybridized carbons (Fsp3) is 0.167. The van der Waals surface area contributed by atoms with Gasteiger partial charge in [-0.15, -0.1) is 0 Å². The van der Waals surface area contributed by atoms with Crippen LogP contribution in [0.25, 0.3) is 0 Å². The minimum absolute atomic E-state index is 0.167. The van der Waals surface area contributed by atoms with Crippen molar-refractivity contribution >= 4 is 23.4 Å². The van der Waals surface area contributed by atoms with Crippen molar-refractivity contribution in [1.29, 1.82) is 0 Å². The van der Waals surface area contributed by atoms with Gasteiger partial charge >= 0.3 is 0 Å². The number of nitrogens with one attached hydrogen (secondary N) is 1. The van der Waals surface area contributed by atoms with Crippen molar-refractivity contribution in [3.63, 3.8) is 0 Å². The summed E-state index contributed by atoms with van der Waals surface area (Å²) in [6.45, 7) is 2.22. The van der Waals surface area contributed by atoms with E-state index in [0.717, 1.165) is 10.5 Å². The van der Waals surface area contributed by atoms with E-state index in [1.54, 1.807) is 6.92 Å². The molecule has 0 fully saturated rings. The number of H-pyrrole nitrogens is 1. The number of aromatic amines is 1. The molecule has 0 bridgehead atoms. The van der Waals surface area contributed by atoms with Gasteiger partial charge in [0.15, 0.2) is 5.16 Å². The Morgan fingerprint density at radius 3 is 2.83 bits per heavy atom. The molecule has 94 valence electrons. The summed E-state index contributed by atoms with van der Waals surface area (Å²) >= 11 is 7.46. The van der Waals surface area contributed by atoms with Crippen LogP contribution < -0.4 is 11.3 Å². The molecule has 0 saturated carbocycles. The molecule has 0 amide bonds. The van der Waals surface area contributed by atoms with E-state index in [1.165, 1.54) is 17.8 Å². The van der Waals surface area contributed by atoms with Crippen molar-refractivity contribution in [1.82, 2.24) is 9.97 Å². The summed E-state index contributed by atoms with van der Waals surface area (Å²) in [5.74, 6) is 0. The molecular weight excluding hydrogens is 270 g/mol. The van der Waals surface area contributed by atoms with E-state index in [4.69, 9.17) is 17.3 Å². The predicted molar refractivity (Wildman–Crippen MR) is 73.1 cm³/mol. The van der Waals surface area contributed by atoms with Crippen LogP contribution in [0.2, 0.25) is 5.02 Å². The third kappa shape index (κ3) is 3.13. The number of aryl methyl sites for hydroxylation is 1. The van der Waals surface area contributed by atoms with Gasteiger partial charge in [0.2, 0.25) is 0 Å². The summed E-state index contributed by atoms with van der Waals surface area (Å²) in [7, 11) is 0. The lowest BCUT2D eigenvalue weighted by Crippen LogP contribution is -2.07. The molecule has 0 aliphatic rings. The first kappa shape index (κ1) is 13.1. The zero-order valence-electron chi connectivity index (χ0n) is 9.74. The van der Waals surface area contributed by atoms with Crippen molar-refractivity contribution in [2.45, 2.75) is 23.5 Å². The maximum absolute atomic E-state index is 11.3.